The summed E-state index contributed by atoms with van der Waals surface area (Å²) in [5, 5.41) is 6.91. The van der Waals surface area contributed by atoms with Crippen LogP contribution in [0.15, 0.2) is 46.8 Å². The van der Waals surface area contributed by atoms with E-state index in [2.05, 4.69) is 36.2 Å². The van der Waals surface area contributed by atoms with E-state index in [1.54, 1.807) is 31.5 Å². The second-order valence-electron chi connectivity index (χ2n) is 7.34. The summed E-state index contributed by atoms with van der Waals surface area (Å²) in [6.45, 7) is 6.22. The number of aliphatic imine (C=N–C) groups is 1. The fourth-order valence-corrected chi connectivity index (χ4v) is 3.09. The lowest BCUT2D eigenvalue weighted by molar-refractivity contribution is -0.116. The fraction of sp³-hybridized carbons (Fsp3) is 0.368. The first-order valence-corrected chi connectivity index (χ1v) is 8.32. The standard InChI is InChI=1S/C19H22N4O3/c1-19(2,3)14-9-16(24)21-15-8-11(6-7-12(14)15)20-17(25)13-10-23(4)22-18(13)26-5/h6-10,12H,1-5H3,(H,21,24). The molecule has 1 atom stereocenters. The number of hydrogen-bond acceptors (Lipinski definition) is 4. The highest BCUT2D eigenvalue weighted by atomic mass is 16.5. The molecule has 1 aliphatic heterocycles. The van der Waals surface area contributed by atoms with Crippen LogP contribution in [-0.4, -0.2) is 34.4 Å². The summed E-state index contributed by atoms with van der Waals surface area (Å²) < 4.78 is 6.61. The minimum atomic E-state index is -0.446. The minimum absolute atomic E-state index is 0.0188. The molecular formula is C19H22N4O3. The van der Waals surface area contributed by atoms with Crippen molar-refractivity contribution < 1.29 is 14.3 Å². The number of carbonyl (C=O) groups excluding carboxylic acids is 2. The molecule has 0 saturated carbocycles. The molecule has 0 fully saturated rings. The summed E-state index contributed by atoms with van der Waals surface area (Å²) in [7, 11) is 3.16. The van der Waals surface area contributed by atoms with Crippen molar-refractivity contribution in [3.63, 3.8) is 0 Å². The Hall–Kier alpha value is -2.96. The first-order chi connectivity index (χ1) is 12.2. The number of rotatable bonds is 2. The van der Waals surface area contributed by atoms with Crippen LogP contribution in [0.4, 0.5) is 0 Å². The van der Waals surface area contributed by atoms with Crippen molar-refractivity contribution in [3.05, 3.63) is 47.3 Å². The van der Waals surface area contributed by atoms with E-state index in [0.717, 1.165) is 11.3 Å². The predicted molar refractivity (Wildman–Crippen MR) is 97.9 cm³/mol. The Morgan fingerprint density at radius 1 is 1.35 bits per heavy atom. The molecule has 1 N–H and O–H groups in total. The number of aromatic nitrogens is 2. The Balaban J connectivity index is 1.92. The summed E-state index contributed by atoms with van der Waals surface area (Å²) >= 11 is 0. The topological polar surface area (TPSA) is 85.6 Å². The maximum atomic E-state index is 12.5. The van der Waals surface area contributed by atoms with Crippen LogP contribution in [0.1, 0.15) is 31.1 Å². The number of aryl methyl sites for hydroxylation is 1. The van der Waals surface area contributed by atoms with E-state index in [1.165, 1.54) is 11.8 Å². The zero-order valence-electron chi connectivity index (χ0n) is 15.5. The van der Waals surface area contributed by atoms with Crippen LogP contribution in [0.3, 0.4) is 0 Å². The van der Waals surface area contributed by atoms with Crippen LogP contribution in [0.5, 0.6) is 5.88 Å². The number of nitrogens with zero attached hydrogens (tertiary/aromatic N) is 3. The normalized spacial score (nSPS) is 21.0. The quantitative estimate of drug-likeness (QED) is 0.882. The van der Waals surface area contributed by atoms with E-state index in [0.29, 0.717) is 11.3 Å². The molecule has 2 heterocycles. The van der Waals surface area contributed by atoms with Gasteiger partial charge in [-0.15, -0.1) is 5.10 Å². The van der Waals surface area contributed by atoms with Crippen LogP contribution in [0.2, 0.25) is 0 Å². The molecule has 7 heteroatoms. The summed E-state index contributed by atoms with van der Waals surface area (Å²) in [6.07, 6.45) is 8.71. The highest BCUT2D eigenvalue weighted by Gasteiger charge is 2.32. The third-order valence-electron chi connectivity index (χ3n) is 4.30. The van der Waals surface area contributed by atoms with Gasteiger partial charge >= 0.3 is 0 Å². The van der Waals surface area contributed by atoms with Crippen molar-refractivity contribution >= 4 is 17.5 Å². The molecule has 26 heavy (non-hydrogen) atoms. The van der Waals surface area contributed by atoms with Gasteiger partial charge in [0.25, 0.3) is 5.91 Å². The number of methoxy groups -OCH3 is 1. The summed E-state index contributed by atoms with van der Waals surface area (Å²) in [6, 6.07) is 0. The molecule has 7 nitrogen and oxygen atoms in total. The fourth-order valence-electron chi connectivity index (χ4n) is 3.09. The first-order valence-electron chi connectivity index (χ1n) is 8.32. The van der Waals surface area contributed by atoms with Gasteiger partial charge in [-0.2, -0.15) is 0 Å². The molecule has 0 saturated heterocycles. The lowest BCUT2D eigenvalue weighted by atomic mass is 9.74. The molecule has 1 aliphatic carbocycles. The average molecular weight is 354 g/mol. The van der Waals surface area contributed by atoms with E-state index < -0.39 is 5.91 Å². The minimum Gasteiger partial charge on any atom is -0.479 e. The van der Waals surface area contributed by atoms with Gasteiger partial charge in [-0.05, 0) is 23.1 Å². The Morgan fingerprint density at radius 2 is 2.08 bits per heavy atom. The van der Waals surface area contributed by atoms with Crippen molar-refractivity contribution in [1.29, 1.82) is 0 Å². The average Bonchev–Trinajstić information content (AvgIpc) is 2.94. The van der Waals surface area contributed by atoms with Crippen LogP contribution in [0.25, 0.3) is 0 Å². The molecule has 136 valence electrons. The van der Waals surface area contributed by atoms with Gasteiger partial charge in [0.05, 0.1) is 12.8 Å². The van der Waals surface area contributed by atoms with E-state index in [-0.39, 0.29) is 23.1 Å². The van der Waals surface area contributed by atoms with E-state index in [9.17, 15) is 9.59 Å². The van der Waals surface area contributed by atoms with Gasteiger partial charge in [-0.25, -0.2) is 4.99 Å². The van der Waals surface area contributed by atoms with Gasteiger partial charge in [0.2, 0.25) is 11.8 Å². The van der Waals surface area contributed by atoms with Gasteiger partial charge < -0.3 is 10.1 Å². The van der Waals surface area contributed by atoms with Crippen LogP contribution in [-0.2, 0) is 11.8 Å². The number of hydrogen-bond donors (Lipinski definition) is 1. The molecule has 3 rings (SSSR count). The molecule has 0 spiro atoms. The predicted octanol–water partition coefficient (Wildman–Crippen LogP) is 2.18. The molecule has 1 unspecified atom stereocenters. The van der Waals surface area contributed by atoms with E-state index >= 15 is 0 Å². The molecule has 0 aromatic carbocycles. The first kappa shape index (κ1) is 17.8. The molecule has 0 bridgehead atoms. The second kappa shape index (κ2) is 6.40. The van der Waals surface area contributed by atoms with Gasteiger partial charge in [0, 0.05) is 30.9 Å². The zero-order valence-corrected chi connectivity index (χ0v) is 15.5. The SMILES string of the molecule is COc1nn(C)cc1C(=O)N=C1C=CC2C(=C1)NC(=O)C=C2C(C)(C)C. The summed E-state index contributed by atoms with van der Waals surface area (Å²) in [5.74, 6) is -0.392. The smallest absolute Gasteiger partial charge is 0.284 e. The Labute approximate surface area is 152 Å². The van der Waals surface area contributed by atoms with Crippen molar-refractivity contribution in [2.24, 2.45) is 23.4 Å². The van der Waals surface area contributed by atoms with E-state index in [1.807, 2.05) is 6.08 Å². The number of amides is 2. The number of ether oxygens (including phenoxy) is 1. The van der Waals surface area contributed by atoms with E-state index in [4.69, 9.17) is 4.74 Å². The number of carbonyl (C=O) groups is 2. The number of nitrogens with one attached hydrogen (secondary N) is 1. The third-order valence-corrected chi connectivity index (χ3v) is 4.30. The van der Waals surface area contributed by atoms with Crippen LogP contribution in [0, 0.1) is 11.3 Å². The highest BCUT2D eigenvalue weighted by Crippen LogP contribution is 2.38. The van der Waals surface area contributed by atoms with Crippen molar-refractivity contribution in [2.75, 3.05) is 7.11 Å². The molecule has 2 aliphatic rings. The molecule has 2 amide bonds. The largest absolute Gasteiger partial charge is 0.479 e. The Morgan fingerprint density at radius 3 is 2.73 bits per heavy atom. The van der Waals surface area contributed by atoms with Gasteiger partial charge in [0.1, 0.15) is 5.56 Å². The second-order valence-corrected chi connectivity index (χ2v) is 7.34. The lowest BCUT2D eigenvalue weighted by Gasteiger charge is -2.34. The van der Waals surface area contributed by atoms with Gasteiger partial charge in [-0.1, -0.05) is 26.8 Å². The maximum absolute atomic E-state index is 12.5. The maximum Gasteiger partial charge on any atom is 0.284 e. The summed E-state index contributed by atoms with van der Waals surface area (Å²) in [5.41, 5.74) is 2.39. The Bertz CT molecular complexity index is 894. The molecular weight excluding hydrogens is 332 g/mol. The molecule has 0 radical (unpaired) electrons. The lowest BCUT2D eigenvalue weighted by Crippen LogP contribution is -2.36. The highest BCUT2D eigenvalue weighted by molar-refractivity contribution is 6.14. The zero-order chi connectivity index (χ0) is 19.1. The number of fused-ring (bicyclic) bond motifs is 1. The third kappa shape index (κ3) is 3.37. The van der Waals surface area contributed by atoms with Crippen LogP contribution < -0.4 is 10.1 Å². The van der Waals surface area contributed by atoms with Crippen LogP contribution >= 0.6 is 0 Å². The van der Waals surface area contributed by atoms with Crippen molar-refractivity contribution in [3.8, 4) is 5.88 Å². The van der Waals surface area contributed by atoms with Crippen molar-refractivity contribution in [1.82, 2.24) is 15.1 Å². The molecule has 1 aromatic heterocycles. The molecule has 1 aromatic rings. The van der Waals surface area contributed by atoms with Gasteiger partial charge in [-0.3, -0.25) is 14.3 Å². The summed E-state index contributed by atoms with van der Waals surface area (Å²) in [4.78, 5) is 28.6. The Kier molecular flexibility index (Phi) is 4.39. The van der Waals surface area contributed by atoms with Crippen molar-refractivity contribution in [2.45, 2.75) is 20.8 Å². The number of allylic oxidation sites excluding steroid dienone is 3. The van der Waals surface area contributed by atoms with Gasteiger partial charge in [0.15, 0.2) is 0 Å². The monoisotopic (exact) mass is 354 g/mol.